The summed E-state index contributed by atoms with van der Waals surface area (Å²) in [7, 11) is 0. The minimum atomic E-state index is -0.112. The number of hydrogen-bond donors (Lipinski definition) is 1. The van der Waals surface area contributed by atoms with Gasteiger partial charge in [-0.2, -0.15) is 5.26 Å². The van der Waals surface area contributed by atoms with Crippen molar-refractivity contribution in [2.24, 2.45) is 4.99 Å². The third kappa shape index (κ3) is 4.58. The number of aryl methyl sites for hydroxylation is 1. The van der Waals surface area contributed by atoms with Crippen LogP contribution in [0.3, 0.4) is 0 Å². The molecule has 4 rings (SSSR count). The van der Waals surface area contributed by atoms with Crippen molar-refractivity contribution in [3.8, 4) is 11.8 Å². The fourth-order valence-corrected chi connectivity index (χ4v) is 4.76. The van der Waals surface area contributed by atoms with Crippen LogP contribution in [0.4, 0.5) is 10.7 Å². The number of nitrogens with zero attached hydrogens (tertiary/aromatic N) is 2. The van der Waals surface area contributed by atoms with Gasteiger partial charge in [0.25, 0.3) is 5.91 Å². The topological polar surface area (TPSA) is 74.5 Å². The van der Waals surface area contributed by atoms with Crippen LogP contribution in [0, 0.1) is 11.3 Å². The van der Waals surface area contributed by atoms with Crippen LogP contribution >= 0.6 is 11.3 Å². The molecule has 1 N–H and O–H groups in total. The lowest BCUT2D eigenvalue weighted by molar-refractivity contribution is 0.102. The van der Waals surface area contributed by atoms with Crippen LogP contribution in [-0.4, -0.2) is 18.7 Å². The number of benzene rings is 2. The molecule has 0 radical (unpaired) electrons. The molecule has 1 heterocycles. The Kier molecular flexibility index (Phi) is 6.21. The number of amides is 1. The van der Waals surface area contributed by atoms with Gasteiger partial charge in [0, 0.05) is 16.8 Å². The van der Waals surface area contributed by atoms with E-state index in [-0.39, 0.29) is 12.5 Å². The third-order valence-electron chi connectivity index (χ3n) is 4.90. The second kappa shape index (κ2) is 9.38. The van der Waals surface area contributed by atoms with Gasteiger partial charge in [0.15, 0.2) is 6.61 Å². The quantitative estimate of drug-likeness (QED) is 0.538. The average Bonchev–Trinajstić information content (AvgIpc) is 3.16. The molecule has 0 bridgehead atoms. The van der Waals surface area contributed by atoms with Crippen molar-refractivity contribution in [2.75, 3.05) is 11.9 Å². The highest BCUT2D eigenvalue weighted by molar-refractivity contribution is 7.16. The van der Waals surface area contributed by atoms with Crippen molar-refractivity contribution in [1.82, 2.24) is 0 Å². The Labute approximate surface area is 179 Å². The first-order valence-corrected chi connectivity index (χ1v) is 10.7. The van der Waals surface area contributed by atoms with Crippen molar-refractivity contribution in [3.05, 3.63) is 76.2 Å². The summed E-state index contributed by atoms with van der Waals surface area (Å²) >= 11 is 1.61. The lowest BCUT2D eigenvalue weighted by Crippen LogP contribution is -2.14. The van der Waals surface area contributed by atoms with Crippen molar-refractivity contribution in [2.45, 2.75) is 25.7 Å². The molecule has 0 saturated carbocycles. The first-order chi connectivity index (χ1) is 14.7. The Morgan fingerprint density at radius 3 is 2.83 bits per heavy atom. The molecule has 0 unspecified atom stereocenters. The van der Waals surface area contributed by atoms with E-state index >= 15 is 0 Å². The van der Waals surface area contributed by atoms with Crippen LogP contribution in [0.5, 0.6) is 5.75 Å². The predicted octanol–water partition coefficient (Wildman–Crippen LogP) is 5.53. The van der Waals surface area contributed by atoms with E-state index in [9.17, 15) is 4.79 Å². The van der Waals surface area contributed by atoms with Crippen LogP contribution in [0.15, 0.2) is 59.6 Å². The van der Waals surface area contributed by atoms with Gasteiger partial charge in [-0.3, -0.25) is 4.79 Å². The Morgan fingerprint density at radius 1 is 1.17 bits per heavy atom. The molecule has 0 atom stereocenters. The fraction of sp³-hybridized carbons (Fsp3) is 0.208. The first-order valence-electron chi connectivity index (χ1n) is 9.89. The molecule has 30 heavy (non-hydrogen) atoms. The van der Waals surface area contributed by atoms with Crippen molar-refractivity contribution in [3.63, 3.8) is 0 Å². The summed E-state index contributed by atoms with van der Waals surface area (Å²) in [4.78, 5) is 19.1. The molecule has 6 heteroatoms. The molecule has 1 aliphatic carbocycles. The maximum Gasteiger partial charge on any atom is 0.259 e. The zero-order valence-electron chi connectivity index (χ0n) is 16.4. The molecule has 3 aromatic rings. The average molecular weight is 416 g/mol. The second-order valence-electron chi connectivity index (χ2n) is 6.99. The van der Waals surface area contributed by atoms with Crippen LogP contribution in [0.1, 0.15) is 39.2 Å². The Morgan fingerprint density at radius 2 is 2.00 bits per heavy atom. The van der Waals surface area contributed by atoms with E-state index in [2.05, 4.69) is 10.3 Å². The van der Waals surface area contributed by atoms with Gasteiger partial charge in [-0.05, 0) is 61.1 Å². The van der Waals surface area contributed by atoms with Crippen molar-refractivity contribution in [1.29, 1.82) is 5.26 Å². The van der Waals surface area contributed by atoms with E-state index in [0.717, 1.165) is 47.5 Å². The number of carbonyl (C=O) groups is 1. The highest BCUT2D eigenvalue weighted by Gasteiger charge is 2.25. The molecular formula is C24H21N3O2S. The molecule has 0 saturated heterocycles. The summed E-state index contributed by atoms with van der Waals surface area (Å²) in [6.45, 7) is 0.00203. The molecule has 5 nitrogen and oxygen atoms in total. The lowest BCUT2D eigenvalue weighted by atomic mass is 9.95. The second-order valence-corrected chi connectivity index (χ2v) is 8.07. The SMILES string of the molecule is N#CCOc1cccc(C=Nc2sc3c(c2C(=O)Nc2ccccc2)CCCC3)c1. The van der Waals surface area contributed by atoms with Gasteiger partial charge in [-0.1, -0.05) is 30.3 Å². The van der Waals surface area contributed by atoms with E-state index in [1.54, 1.807) is 23.6 Å². The maximum atomic E-state index is 13.1. The van der Waals surface area contributed by atoms with Gasteiger partial charge in [-0.25, -0.2) is 4.99 Å². The summed E-state index contributed by atoms with van der Waals surface area (Å²) in [6, 6.07) is 18.9. The van der Waals surface area contributed by atoms with Crippen LogP contribution in [-0.2, 0) is 12.8 Å². The molecule has 1 amide bonds. The number of aliphatic imine (C=N–C) groups is 1. The summed E-state index contributed by atoms with van der Waals surface area (Å²) < 4.78 is 5.36. The lowest BCUT2D eigenvalue weighted by Gasteiger charge is -2.12. The predicted molar refractivity (Wildman–Crippen MR) is 120 cm³/mol. The minimum Gasteiger partial charge on any atom is -0.479 e. The summed E-state index contributed by atoms with van der Waals surface area (Å²) in [5.41, 5.74) is 3.45. The monoisotopic (exact) mass is 415 g/mol. The highest BCUT2D eigenvalue weighted by Crippen LogP contribution is 2.40. The number of para-hydroxylation sites is 1. The Hall–Kier alpha value is -3.43. The zero-order valence-corrected chi connectivity index (χ0v) is 17.2. The van der Waals surface area contributed by atoms with Gasteiger partial charge in [0.05, 0.1) is 5.56 Å². The largest absolute Gasteiger partial charge is 0.479 e. The van der Waals surface area contributed by atoms with Gasteiger partial charge >= 0.3 is 0 Å². The number of rotatable bonds is 6. The molecule has 150 valence electrons. The number of carbonyl (C=O) groups excluding carboxylic acids is 1. The van der Waals surface area contributed by atoms with Crippen LogP contribution in [0.2, 0.25) is 0 Å². The van der Waals surface area contributed by atoms with Crippen LogP contribution < -0.4 is 10.1 Å². The van der Waals surface area contributed by atoms with E-state index in [1.807, 2.05) is 54.6 Å². The number of hydrogen-bond acceptors (Lipinski definition) is 5. The van der Waals surface area contributed by atoms with E-state index in [1.165, 1.54) is 4.88 Å². The Bertz CT molecular complexity index is 1110. The van der Waals surface area contributed by atoms with Gasteiger partial charge in [0.1, 0.15) is 16.8 Å². The summed E-state index contributed by atoms with van der Waals surface area (Å²) in [5.74, 6) is 0.506. The number of nitriles is 1. The van der Waals surface area contributed by atoms with Gasteiger partial charge in [-0.15, -0.1) is 11.3 Å². The molecule has 2 aromatic carbocycles. The third-order valence-corrected chi connectivity index (χ3v) is 6.10. The maximum absolute atomic E-state index is 13.1. The number of nitrogens with one attached hydrogen (secondary N) is 1. The molecular weight excluding hydrogens is 394 g/mol. The smallest absolute Gasteiger partial charge is 0.259 e. The zero-order chi connectivity index (χ0) is 20.8. The first kappa shape index (κ1) is 19.9. The molecule has 0 spiro atoms. The van der Waals surface area contributed by atoms with Gasteiger partial charge < -0.3 is 10.1 Å². The minimum absolute atomic E-state index is 0.00203. The molecule has 0 aliphatic heterocycles. The van der Waals surface area contributed by atoms with Gasteiger partial charge in [0.2, 0.25) is 0 Å². The Balaban J connectivity index is 1.63. The normalized spacial score (nSPS) is 12.9. The van der Waals surface area contributed by atoms with Crippen LogP contribution in [0.25, 0.3) is 0 Å². The fourth-order valence-electron chi connectivity index (χ4n) is 3.53. The summed E-state index contributed by atoms with van der Waals surface area (Å²) in [6.07, 6.45) is 5.90. The number of fused-ring (bicyclic) bond motifs is 1. The van der Waals surface area contributed by atoms with E-state index in [0.29, 0.717) is 11.3 Å². The molecule has 1 aliphatic rings. The molecule has 1 aromatic heterocycles. The standard InChI is InChI=1S/C24H21N3O2S/c25-13-14-29-19-10-6-7-17(15-19)16-26-24-22(20-11-4-5-12-21(20)30-24)23(28)27-18-8-2-1-3-9-18/h1-3,6-10,15-16H,4-5,11-12,14H2,(H,27,28). The molecule has 0 fully saturated rings. The van der Waals surface area contributed by atoms with Crippen molar-refractivity contribution >= 4 is 34.1 Å². The number of anilines is 1. The van der Waals surface area contributed by atoms with E-state index < -0.39 is 0 Å². The highest BCUT2D eigenvalue weighted by atomic mass is 32.1. The van der Waals surface area contributed by atoms with E-state index in [4.69, 9.17) is 10.00 Å². The summed E-state index contributed by atoms with van der Waals surface area (Å²) in [5, 5.41) is 12.4. The van der Waals surface area contributed by atoms with Crippen molar-refractivity contribution < 1.29 is 9.53 Å². The number of ether oxygens (including phenoxy) is 1. The number of thiophene rings is 1.